The van der Waals surface area contributed by atoms with E-state index in [1.54, 1.807) is 12.1 Å². The van der Waals surface area contributed by atoms with Gasteiger partial charge in [0.05, 0.1) is 12.2 Å². The first-order valence-electron chi connectivity index (χ1n) is 10.2. The van der Waals surface area contributed by atoms with Crippen molar-refractivity contribution >= 4 is 11.7 Å². The lowest BCUT2D eigenvalue weighted by Gasteiger charge is -2.45. The van der Waals surface area contributed by atoms with Gasteiger partial charge in [-0.25, -0.2) is 0 Å². The van der Waals surface area contributed by atoms with Gasteiger partial charge >= 0.3 is 0 Å². The maximum atomic E-state index is 12.8. The maximum absolute atomic E-state index is 12.8. The molecule has 0 bridgehead atoms. The highest BCUT2D eigenvalue weighted by Crippen LogP contribution is 2.36. The lowest BCUT2D eigenvalue weighted by Crippen LogP contribution is -2.58. The average Bonchev–Trinajstić information content (AvgIpc) is 2.98. The molecule has 0 spiro atoms. The summed E-state index contributed by atoms with van der Waals surface area (Å²) in [5.74, 6) is -0.166. The van der Waals surface area contributed by atoms with Gasteiger partial charge in [-0.1, -0.05) is 30.3 Å². The molecule has 1 N–H and O–H groups in total. The highest BCUT2D eigenvalue weighted by molar-refractivity contribution is 6.22. The number of carbonyl (C=O) groups is 2. The van der Waals surface area contributed by atoms with E-state index in [1.165, 1.54) is 0 Å². The molecule has 1 aliphatic carbocycles. The second-order valence-electron chi connectivity index (χ2n) is 8.79. The zero-order valence-electron chi connectivity index (χ0n) is 17.5. The van der Waals surface area contributed by atoms with E-state index in [4.69, 9.17) is 4.74 Å². The minimum absolute atomic E-state index is 0.0122. The molecule has 0 saturated carbocycles. The van der Waals surface area contributed by atoms with Crippen molar-refractivity contribution < 1.29 is 14.3 Å². The molecule has 2 aromatic carbocycles. The summed E-state index contributed by atoms with van der Waals surface area (Å²) in [5.41, 5.74) is 3.48. The van der Waals surface area contributed by atoms with Crippen LogP contribution < -0.4 is 5.32 Å². The number of rotatable bonds is 4. The van der Waals surface area contributed by atoms with Gasteiger partial charge in [0, 0.05) is 41.9 Å². The van der Waals surface area contributed by atoms with Crippen LogP contribution in [-0.2, 0) is 4.74 Å². The van der Waals surface area contributed by atoms with Crippen LogP contribution in [0.1, 0.15) is 54.0 Å². The van der Waals surface area contributed by atoms with Crippen molar-refractivity contribution in [3.05, 3.63) is 59.2 Å². The lowest BCUT2D eigenvalue weighted by atomic mass is 9.99. The number of carbonyl (C=O) groups excluding carboxylic acids is 2. The highest BCUT2D eigenvalue weighted by Gasteiger charge is 2.33. The Morgan fingerprint density at radius 3 is 2.34 bits per heavy atom. The first-order valence-corrected chi connectivity index (χ1v) is 10.2. The zero-order valence-corrected chi connectivity index (χ0v) is 17.5. The van der Waals surface area contributed by atoms with Crippen LogP contribution >= 0.6 is 0 Å². The van der Waals surface area contributed by atoms with Gasteiger partial charge in [0.1, 0.15) is 0 Å². The number of benzene rings is 2. The molecule has 0 radical (unpaired) electrons. The fourth-order valence-electron chi connectivity index (χ4n) is 4.35. The molecule has 1 fully saturated rings. The number of ketones is 1. The maximum Gasteiger partial charge on any atom is 0.251 e. The van der Waals surface area contributed by atoms with E-state index in [1.807, 2.05) is 30.3 Å². The van der Waals surface area contributed by atoms with Gasteiger partial charge in [0.25, 0.3) is 5.91 Å². The van der Waals surface area contributed by atoms with E-state index >= 15 is 0 Å². The molecule has 1 aliphatic heterocycles. The number of amides is 1. The monoisotopic (exact) mass is 392 g/mol. The lowest BCUT2D eigenvalue weighted by molar-refractivity contribution is -0.0948. The molecule has 2 aromatic rings. The fraction of sp³-hybridized carbons (Fsp3) is 0.417. The summed E-state index contributed by atoms with van der Waals surface area (Å²) in [4.78, 5) is 27.9. The number of fused-ring (bicyclic) bond motifs is 3. The molecule has 1 heterocycles. The predicted octanol–water partition coefficient (Wildman–Crippen LogP) is 3.52. The Morgan fingerprint density at radius 1 is 1.03 bits per heavy atom. The Kier molecular flexibility index (Phi) is 5.05. The SMILES string of the molecule is C[C@@H]1CN(C(C)(C)CNC(=O)c2ccc3c(c2)C(=O)c2ccccc2-3)C[C@H](C)O1. The van der Waals surface area contributed by atoms with Crippen LogP contribution in [0.3, 0.4) is 0 Å². The fourth-order valence-corrected chi connectivity index (χ4v) is 4.35. The van der Waals surface area contributed by atoms with Crippen molar-refractivity contribution in [2.75, 3.05) is 19.6 Å². The third-order valence-electron chi connectivity index (χ3n) is 5.95. The van der Waals surface area contributed by atoms with Gasteiger partial charge in [0.15, 0.2) is 5.78 Å². The summed E-state index contributed by atoms with van der Waals surface area (Å²) in [7, 11) is 0. The smallest absolute Gasteiger partial charge is 0.251 e. The van der Waals surface area contributed by atoms with Gasteiger partial charge in [-0.05, 0) is 51.0 Å². The predicted molar refractivity (Wildman–Crippen MR) is 113 cm³/mol. The minimum atomic E-state index is -0.190. The normalized spacial score (nSPS) is 21.6. The van der Waals surface area contributed by atoms with Crippen molar-refractivity contribution in [2.24, 2.45) is 0 Å². The van der Waals surface area contributed by atoms with E-state index in [-0.39, 0.29) is 29.4 Å². The van der Waals surface area contributed by atoms with Crippen molar-refractivity contribution in [3.63, 3.8) is 0 Å². The summed E-state index contributed by atoms with van der Waals surface area (Å²) in [6.45, 7) is 10.7. The summed E-state index contributed by atoms with van der Waals surface area (Å²) in [6.07, 6.45) is 0.358. The Labute approximate surface area is 172 Å². The first kappa shape index (κ1) is 19.8. The molecule has 2 aliphatic rings. The standard InChI is InChI=1S/C24H28N2O3/c1-15-12-26(13-16(2)29-15)24(3,4)14-25-23(28)17-9-10-19-18-7-5-6-8-20(18)22(27)21(19)11-17/h5-11,15-16H,12-14H2,1-4H3,(H,25,28)/t15-,16+. The third kappa shape index (κ3) is 3.72. The summed E-state index contributed by atoms with van der Waals surface area (Å²) in [5, 5.41) is 3.06. The van der Waals surface area contributed by atoms with Gasteiger partial charge in [-0.2, -0.15) is 0 Å². The molecule has 5 nitrogen and oxygen atoms in total. The van der Waals surface area contributed by atoms with Gasteiger partial charge in [-0.15, -0.1) is 0 Å². The Bertz CT molecular complexity index is 956. The van der Waals surface area contributed by atoms with Crippen LogP contribution in [0, 0.1) is 0 Å². The molecule has 29 heavy (non-hydrogen) atoms. The van der Waals surface area contributed by atoms with Crippen LogP contribution in [0.2, 0.25) is 0 Å². The van der Waals surface area contributed by atoms with E-state index in [9.17, 15) is 9.59 Å². The number of nitrogens with one attached hydrogen (secondary N) is 1. The van der Waals surface area contributed by atoms with Crippen LogP contribution in [0.15, 0.2) is 42.5 Å². The van der Waals surface area contributed by atoms with E-state index in [2.05, 4.69) is 37.9 Å². The van der Waals surface area contributed by atoms with Gasteiger partial charge in [-0.3, -0.25) is 14.5 Å². The number of ether oxygens (including phenoxy) is 1. The molecule has 4 rings (SSSR count). The van der Waals surface area contributed by atoms with Crippen molar-refractivity contribution in [3.8, 4) is 11.1 Å². The molecule has 1 saturated heterocycles. The van der Waals surface area contributed by atoms with Crippen LogP contribution in [0.4, 0.5) is 0 Å². The number of morpholine rings is 1. The molecule has 2 atom stereocenters. The topological polar surface area (TPSA) is 58.6 Å². The Balaban J connectivity index is 1.47. The molecule has 0 unspecified atom stereocenters. The summed E-state index contributed by atoms with van der Waals surface area (Å²) < 4.78 is 5.82. The van der Waals surface area contributed by atoms with E-state index in [0.29, 0.717) is 23.2 Å². The molecular weight excluding hydrogens is 364 g/mol. The molecule has 0 aromatic heterocycles. The Morgan fingerprint density at radius 2 is 1.66 bits per heavy atom. The average molecular weight is 392 g/mol. The van der Waals surface area contributed by atoms with Crippen molar-refractivity contribution in [2.45, 2.75) is 45.4 Å². The Hall–Kier alpha value is -2.50. The second-order valence-corrected chi connectivity index (χ2v) is 8.79. The van der Waals surface area contributed by atoms with Crippen molar-refractivity contribution in [1.82, 2.24) is 10.2 Å². The van der Waals surface area contributed by atoms with Gasteiger partial charge < -0.3 is 10.1 Å². The molecule has 5 heteroatoms. The first-order chi connectivity index (χ1) is 13.8. The molecule has 1 amide bonds. The summed E-state index contributed by atoms with van der Waals surface area (Å²) >= 11 is 0. The summed E-state index contributed by atoms with van der Waals surface area (Å²) in [6, 6.07) is 13.0. The largest absolute Gasteiger partial charge is 0.373 e. The van der Waals surface area contributed by atoms with Gasteiger partial charge in [0.2, 0.25) is 0 Å². The number of nitrogens with zero attached hydrogens (tertiary/aromatic N) is 1. The van der Waals surface area contributed by atoms with Crippen LogP contribution in [-0.4, -0.2) is 54.0 Å². The number of hydrogen-bond acceptors (Lipinski definition) is 4. The quantitative estimate of drug-likeness (QED) is 0.738. The van der Waals surface area contributed by atoms with E-state index < -0.39 is 0 Å². The third-order valence-corrected chi connectivity index (χ3v) is 5.95. The zero-order chi connectivity index (χ0) is 20.8. The second kappa shape index (κ2) is 7.39. The molecule has 152 valence electrons. The van der Waals surface area contributed by atoms with E-state index in [0.717, 1.165) is 24.2 Å². The van der Waals surface area contributed by atoms with Crippen molar-refractivity contribution in [1.29, 1.82) is 0 Å². The highest BCUT2D eigenvalue weighted by atomic mass is 16.5. The minimum Gasteiger partial charge on any atom is -0.373 e. The van der Waals surface area contributed by atoms with Crippen LogP contribution in [0.5, 0.6) is 0 Å². The van der Waals surface area contributed by atoms with Crippen LogP contribution in [0.25, 0.3) is 11.1 Å². The molecular formula is C24H28N2O3. The number of hydrogen-bond donors (Lipinski definition) is 1.